The predicted molar refractivity (Wildman–Crippen MR) is 115 cm³/mol. The highest BCUT2D eigenvalue weighted by Crippen LogP contribution is 2.32. The highest BCUT2D eigenvalue weighted by Gasteiger charge is 2.17. The monoisotopic (exact) mass is 466 g/mol. The molecule has 0 spiro atoms. The van der Waals surface area contributed by atoms with Gasteiger partial charge in [-0.1, -0.05) is 40.9 Å². The molecule has 1 aromatic heterocycles. The van der Waals surface area contributed by atoms with Gasteiger partial charge in [0.15, 0.2) is 0 Å². The highest BCUT2D eigenvalue weighted by molar-refractivity contribution is 6.39. The molecule has 0 saturated carbocycles. The minimum atomic E-state index is -0.777. The second-order valence-corrected chi connectivity index (χ2v) is 7.46. The average Bonchev–Trinajstić information content (AvgIpc) is 3.08. The number of halogens is 5. The Morgan fingerprint density at radius 3 is 2.37 bits per heavy atom. The molecule has 152 valence electrons. The zero-order valence-electron chi connectivity index (χ0n) is 14.9. The molecule has 0 radical (unpaired) electrons. The molecular weight excluding hydrogens is 457 g/mol. The van der Waals surface area contributed by atoms with Crippen LogP contribution in [0.2, 0.25) is 15.1 Å². The third-order valence-electron chi connectivity index (χ3n) is 4.20. The van der Waals surface area contributed by atoms with E-state index in [1.807, 2.05) is 0 Å². The normalized spacial score (nSPS) is 11.0. The lowest BCUT2D eigenvalue weighted by Gasteiger charge is -2.07. The Bertz CT molecular complexity index is 1270. The number of aromatic amines is 1. The van der Waals surface area contributed by atoms with Gasteiger partial charge in [-0.2, -0.15) is 0 Å². The minimum Gasteiger partial charge on any atom is -0.324 e. The largest absolute Gasteiger partial charge is 0.324 e. The van der Waals surface area contributed by atoms with Gasteiger partial charge in [0.05, 0.1) is 37.4 Å². The molecule has 0 atom stereocenters. The molecule has 0 fully saturated rings. The number of hydrogen-bond acceptors (Lipinski definition) is 3. The molecule has 4 aromatic rings. The van der Waals surface area contributed by atoms with Crippen molar-refractivity contribution in [3.05, 3.63) is 80.8 Å². The number of para-hydroxylation sites is 1. The van der Waals surface area contributed by atoms with Crippen LogP contribution in [-0.4, -0.2) is 15.9 Å². The predicted octanol–water partition coefficient (Wildman–Crippen LogP) is 6.80. The number of nitrogens with zero attached hydrogens (tertiary/aromatic N) is 1. The lowest BCUT2D eigenvalue weighted by molar-refractivity contribution is 0.102. The van der Waals surface area contributed by atoms with E-state index in [1.54, 1.807) is 18.2 Å². The summed E-state index contributed by atoms with van der Waals surface area (Å²) in [6.07, 6.45) is 0. The zero-order valence-corrected chi connectivity index (χ0v) is 17.1. The highest BCUT2D eigenvalue weighted by atomic mass is 35.5. The summed E-state index contributed by atoms with van der Waals surface area (Å²) in [6, 6.07) is 11.2. The fourth-order valence-electron chi connectivity index (χ4n) is 2.77. The molecule has 30 heavy (non-hydrogen) atoms. The first-order valence-electron chi connectivity index (χ1n) is 8.48. The van der Waals surface area contributed by atoms with Crippen molar-refractivity contribution < 1.29 is 13.6 Å². The summed E-state index contributed by atoms with van der Waals surface area (Å²) in [5.74, 6) is -1.98. The average molecular weight is 468 g/mol. The SMILES string of the molecule is O=C(Nc1ccc(Cl)c(F)c1)c1cc2nc(Nc3c(Cl)cccc3Cl)[nH]c2cc1F. The lowest BCUT2D eigenvalue weighted by Crippen LogP contribution is -2.14. The van der Waals surface area contributed by atoms with Crippen molar-refractivity contribution in [2.45, 2.75) is 0 Å². The third-order valence-corrected chi connectivity index (χ3v) is 5.14. The molecule has 3 N–H and O–H groups in total. The number of aromatic nitrogens is 2. The Morgan fingerprint density at radius 2 is 1.67 bits per heavy atom. The van der Waals surface area contributed by atoms with E-state index in [2.05, 4.69) is 20.6 Å². The Labute approximate surface area is 184 Å². The number of nitrogens with one attached hydrogen (secondary N) is 3. The van der Waals surface area contributed by atoms with Crippen LogP contribution in [0.5, 0.6) is 0 Å². The van der Waals surface area contributed by atoms with Crippen LogP contribution >= 0.6 is 34.8 Å². The number of anilines is 3. The molecule has 0 aliphatic carbocycles. The van der Waals surface area contributed by atoms with E-state index in [4.69, 9.17) is 34.8 Å². The van der Waals surface area contributed by atoms with Gasteiger partial charge in [0.2, 0.25) is 5.95 Å². The van der Waals surface area contributed by atoms with Crippen molar-refractivity contribution in [2.75, 3.05) is 10.6 Å². The number of benzene rings is 3. The van der Waals surface area contributed by atoms with Crippen LogP contribution in [-0.2, 0) is 0 Å². The van der Waals surface area contributed by atoms with Gasteiger partial charge in [0.1, 0.15) is 11.6 Å². The van der Waals surface area contributed by atoms with Gasteiger partial charge in [0, 0.05) is 11.8 Å². The summed E-state index contributed by atoms with van der Waals surface area (Å²) in [5.41, 5.74) is 0.996. The summed E-state index contributed by atoms with van der Waals surface area (Å²) in [7, 11) is 0. The van der Waals surface area contributed by atoms with E-state index in [0.29, 0.717) is 26.8 Å². The van der Waals surface area contributed by atoms with Crippen molar-refractivity contribution in [1.29, 1.82) is 0 Å². The smallest absolute Gasteiger partial charge is 0.258 e. The zero-order chi connectivity index (χ0) is 21.4. The molecule has 0 aliphatic rings. The molecule has 10 heteroatoms. The van der Waals surface area contributed by atoms with Gasteiger partial charge in [-0.15, -0.1) is 0 Å². The van der Waals surface area contributed by atoms with Crippen molar-refractivity contribution >= 4 is 69.1 Å². The molecule has 1 heterocycles. The summed E-state index contributed by atoms with van der Waals surface area (Å²) in [4.78, 5) is 19.7. The summed E-state index contributed by atoms with van der Waals surface area (Å²) < 4.78 is 28.1. The molecule has 0 unspecified atom stereocenters. The number of hydrogen-bond donors (Lipinski definition) is 3. The second-order valence-electron chi connectivity index (χ2n) is 6.24. The van der Waals surface area contributed by atoms with E-state index in [0.717, 1.165) is 12.1 Å². The van der Waals surface area contributed by atoms with E-state index in [9.17, 15) is 13.6 Å². The number of fused-ring (bicyclic) bond motifs is 1. The van der Waals surface area contributed by atoms with Crippen molar-refractivity contribution in [2.24, 2.45) is 0 Å². The lowest BCUT2D eigenvalue weighted by atomic mass is 10.1. The van der Waals surface area contributed by atoms with Crippen molar-refractivity contribution in [3.63, 3.8) is 0 Å². The van der Waals surface area contributed by atoms with Gasteiger partial charge in [-0.25, -0.2) is 13.8 Å². The molecule has 3 aromatic carbocycles. The third kappa shape index (κ3) is 4.05. The molecule has 0 bridgehead atoms. The van der Waals surface area contributed by atoms with Crippen molar-refractivity contribution in [1.82, 2.24) is 9.97 Å². The standard InChI is InChI=1S/C20H11Cl3F2N4O/c21-11-5-4-9(6-15(11)25)26-19(30)10-7-16-17(8-14(10)24)28-20(27-16)29-18-12(22)2-1-3-13(18)23/h1-8H,(H,26,30)(H2,27,28,29). The van der Waals surface area contributed by atoms with Crippen LogP contribution < -0.4 is 10.6 Å². The Balaban J connectivity index is 1.63. The van der Waals surface area contributed by atoms with Crippen LogP contribution in [0.4, 0.5) is 26.1 Å². The fourth-order valence-corrected chi connectivity index (χ4v) is 3.38. The molecular formula is C20H11Cl3F2N4O. The van der Waals surface area contributed by atoms with Crippen LogP contribution in [0.1, 0.15) is 10.4 Å². The second kappa shape index (κ2) is 8.10. The number of carbonyl (C=O) groups is 1. The van der Waals surface area contributed by atoms with Gasteiger partial charge >= 0.3 is 0 Å². The number of imidazole rings is 1. The molecule has 5 nitrogen and oxygen atoms in total. The van der Waals surface area contributed by atoms with Crippen LogP contribution in [0.25, 0.3) is 11.0 Å². The maximum atomic E-state index is 14.5. The first-order valence-corrected chi connectivity index (χ1v) is 9.62. The first kappa shape index (κ1) is 20.4. The molecule has 1 amide bonds. The van der Waals surface area contributed by atoms with Crippen molar-refractivity contribution in [3.8, 4) is 0 Å². The number of H-pyrrole nitrogens is 1. The van der Waals surface area contributed by atoms with Gasteiger partial charge in [-0.05, 0) is 36.4 Å². The summed E-state index contributed by atoms with van der Waals surface area (Å²) >= 11 is 17.9. The van der Waals surface area contributed by atoms with Crippen LogP contribution in [0.15, 0.2) is 48.5 Å². The van der Waals surface area contributed by atoms with E-state index >= 15 is 0 Å². The number of amides is 1. The first-order chi connectivity index (χ1) is 14.3. The number of carbonyl (C=O) groups excluding carboxylic acids is 1. The van der Waals surface area contributed by atoms with E-state index in [1.165, 1.54) is 18.2 Å². The molecule has 0 aliphatic heterocycles. The topological polar surface area (TPSA) is 69.8 Å². The maximum Gasteiger partial charge on any atom is 0.258 e. The quantitative estimate of drug-likeness (QED) is 0.309. The van der Waals surface area contributed by atoms with Gasteiger partial charge in [0.25, 0.3) is 5.91 Å². The Morgan fingerprint density at radius 1 is 0.933 bits per heavy atom. The van der Waals surface area contributed by atoms with Gasteiger partial charge in [-0.3, -0.25) is 4.79 Å². The summed E-state index contributed by atoms with van der Waals surface area (Å²) in [6.45, 7) is 0. The van der Waals surface area contributed by atoms with Crippen LogP contribution in [0, 0.1) is 11.6 Å². The van der Waals surface area contributed by atoms with E-state index < -0.39 is 17.5 Å². The Hall–Kier alpha value is -2.87. The minimum absolute atomic E-state index is 0.0872. The molecule has 4 rings (SSSR count). The number of rotatable bonds is 4. The maximum absolute atomic E-state index is 14.5. The molecule has 0 saturated heterocycles. The van der Waals surface area contributed by atoms with E-state index in [-0.39, 0.29) is 22.2 Å². The van der Waals surface area contributed by atoms with Gasteiger partial charge < -0.3 is 15.6 Å². The van der Waals surface area contributed by atoms with Crippen LogP contribution in [0.3, 0.4) is 0 Å². The fraction of sp³-hybridized carbons (Fsp3) is 0. The Kier molecular flexibility index (Phi) is 5.51. The summed E-state index contributed by atoms with van der Waals surface area (Å²) in [5, 5.41) is 6.04.